The van der Waals surface area contributed by atoms with Crippen LogP contribution in [0.25, 0.3) is 0 Å². The number of rotatable bonds is 2. The van der Waals surface area contributed by atoms with Gasteiger partial charge in [-0.3, -0.25) is 0 Å². The largest absolute Gasteiger partial charge is 0.513 e. The van der Waals surface area contributed by atoms with Gasteiger partial charge in [-0.05, 0) is 39.2 Å². The Hall–Kier alpha value is -0.500. The molecule has 2 nitrogen and oxygen atoms in total. The average molecular weight is 172 g/mol. The summed E-state index contributed by atoms with van der Waals surface area (Å²) >= 11 is 0. The third-order valence-electron chi connectivity index (χ3n) is 1.68. The minimum Gasteiger partial charge on any atom is -0.513 e. The normalized spacial score (nSPS) is 16.0. The van der Waals surface area contributed by atoms with Gasteiger partial charge in [0.1, 0.15) is 0 Å². The molecule has 0 aromatic rings. The standard InChI is InChI=1S/C6H10O.C4H10O/c7-6-4-2-1-3-5-6;1-3-5-4-2/h4,7H,1-3,5H2;3-4H2,1-2H3. The minimum absolute atomic E-state index is 0.589. The van der Waals surface area contributed by atoms with Crippen molar-refractivity contribution in [2.24, 2.45) is 0 Å². The van der Waals surface area contributed by atoms with Gasteiger partial charge in [-0.15, -0.1) is 0 Å². The highest BCUT2D eigenvalue weighted by Gasteiger charge is 1.97. The van der Waals surface area contributed by atoms with E-state index < -0.39 is 0 Å². The lowest BCUT2D eigenvalue weighted by Gasteiger charge is -2.04. The Morgan fingerprint density at radius 1 is 1.33 bits per heavy atom. The molecule has 0 spiro atoms. The Morgan fingerprint density at radius 3 is 2.17 bits per heavy atom. The summed E-state index contributed by atoms with van der Waals surface area (Å²) in [6.45, 7) is 5.67. The van der Waals surface area contributed by atoms with Crippen LogP contribution < -0.4 is 0 Å². The monoisotopic (exact) mass is 172 g/mol. The zero-order valence-electron chi connectivity index (χ0n) is 8.18. The molecule has 0 atom stereocenters. The fourth-order valence-electron chi connectivity index (χ4n) is 1.03. The van der Waals surface area contributed by atoms with Crippen molar-refractivity contribution in [2.45, 2.75) is 39.5 Å². The average Bonchev–Trinajstić information content (AvgIpc) is 2.08. The van der Waals surface area contributed by atoms with E-state index in [1.807, 2.05) is 19.9 Å². The summed E-state index contributed by atoms with van der Waals surface area (Å²) in [4.78, 5) is 0. The molecule has 0 saturated heterocycles. The molecule has 0 heterocycles. The first-order valence-electron chi connectivity index (χ1n) is 4.77. The predicted octanol–water partition coefficient (Wildman–Crippen LogP) is 3.05. The summed E-state index contributed by atoms with van der Waals surface area (Å²) in [6, 6.07) is 0. The van der Waals surface area contributed by atoms with Crippen LogP contribution in [-0.4, -0.2) is 18.3 Å². The summed E-state index contributed by atoms with van der Waals surface area (Å²) in [7, 11) is 0. The number of ether oxygens (including phenoxy) is 1. The summed E-state index contributed by atoms with van der Waals surface area (Å²) in [5.74, 6) is 0.589. The van der Waals surface area contributed by atoms with E-state index in [4.69, 9.17) is 9.84 Å². The van der Waals surface area contributed by atoms with Gasteiger partial charge in [0.25, 0.3) is 0 Å². The van der Waals surface area contributed by atoms with Crippen molar-refractivity contribution in [1.29, 1.82) is 0 Å². The lowest BCUT2D eigenvalue weighted by Crippen LogP contribution is -1.88. The summed E-state index contributed by atoms with van der Waals surface area (Å²) in [6.07, 6.45) is 6.31. The molecule has 2 heteroatoms. The maximum absolute atomic E-state index is 8.77. The van der Waals surface area contributed by atoms with Crippen molar-refractivity contribution in [3.63, 3.8) is 0 Å². The molecular formula is C10H20O2. The molecule has 1 N–H and O–H groups in total. The lowest BCUT2D eigenvalue weighted by molar-refractivity contribution is 0.162. The Kier molecular flexibility index (Phi) is 8.24. The predicted molar refractivity (Wildman–Crippen MR) is 51.3 cm³/mol. The highest BCUT2D eigenvalue weighted by atomic mass is 16.5. The Labute approximate surface area is 75.2 Å². The van der Waals surface area contributed by atoms with Crippen LogP contribution in [0.1, 0.15) is 39.5 Å². The van der Waals surface area contributed by atoms with Crippen molar-refractivity contribution in [2.75, 3.05) is 13.2 Å². The fourth-order valence-corrected chi connectivity index (χ4v) is 1.03. The van der Waals surface area contributed by atoms with Crippen LogP contribution in [0.3, 0.4) is 0 Å². The van der Waals surface area contributed by atoms with Gasteiger partial charge in [-0.25, -0.2) is 0 Å². The lowest BCUT2D eigenvalue weighted by atomic mass is 10.1. The zero-order chi connectivity index (χ0) is 9.23. The van der Waals surface area contributed by atoms with Gasteiger partial charge in [0.05, 0.1) is 5.76 Å². The van der Waals surface area contributed by atoms with E-state index in [0.29, 0.717) is 5.76 Å². The van der Waals surface area contributed by atoms with Crippen LogP contribution in [0, 0.1) is 0 Å². The smallest absolute Gasteiger partial charge is 0.0882 e. The fraction of sp³-hybridized carbons (Fsp3) is 0.800. The van der Waals surface area contributed by atoms with Gasteiger partial charge in [0, 0.05) is 19.6 Å². The highest BCUT2D eigenvalue weighted by Crippen LogP contribution is 2.13. The minimum atomic E-state index is 0.589. The first kappa shape index (κ1) is 11.5. The van der Waals surface area contributed by atoms with Crippen molar-refractivity contribution < 1.29 is 9.84 Å². The third-order valence-corrected chi connectivity index (χ3v) is 1.68. The molecule has 0 radical (unpaired) electrons. The quantitative estimate of drug-likeness (QED) is 0.693. The van der Waals surface area contributed by atoms with E-state index in [-0.39, 0.29) is 0 Å². The number of hydrogen-bond donors (Lipinski definition) is 1. The van der Waals surface area contributed by atoms with Crippen LogP contribution >= 0.6 is 0 Å². The molecule has 1 rings (SSSR count). The zero-order valence-corrected chi connectivity index (χ0v) is 8.18. The highest BCUT2D eigenvalue weighted by molar-refractivity contribution is 4.93. The number of aliphatic hydroxyl groups excluding tert-OH is 1. The molecule has 0 unspecified atom stereocenters. The second kappa shape index (κ2) is 8.60. The van der Waals surface area contributed by atoms with Gasteiger partial charge < -0.3 is 9.84 Å². The van der Waals surface area contributed by atoms with Gasteiger partial charge in [0.2, 0.25) is 0 Å². The van der Waals surface area contributed by atoms with Crippen molar-refractivity contribution in [3.05, 3.63) is 11.8 Å². The van der Waals surface area contributed by atoms with Crippen LogP contribution in [0.2, 0.25) is 0 Å². The van der Waals surface area contributed by atoms with Crippen LogP contribution in [0.15, 0.2) is 11.8 Å². The van der Waals surface area contributed by atoms with E-state index in [2.05, 4.69) is 0 Å². The Bertz CT molecular complexity index is 117. The van der Waals surface area contributed by atoms with E-state index in [0.717, 1.165) is 26.1 Å². The van der Waals surface area contributed by atoms with Gasteiger partial charge in [-0.1, -0.05) is 0 Å². The van der Waals surface area contributed by atoms with Gasteiger partial charge >= 0.3 is 0 Å². The molecule has 0 aromatic heterocycles. The second-order valence-electron chi connectivity index (χ2n) is 2.72. The first-order valence-corrected chi connectivity index (χ1v) is 4.77. The molecule has 0 aliphatic heterocycles. The molecule has 72 valence electrons. The second-order valence-corrected chi connectivity index (χ2v) is 2.72. The Morgan fingerprint density at radius 2 is 2.00 bits per heavy atom. The number of aliphatic hydroxyl groups is 1. The van der Waals surface area contributed by atoms with Gasteiger partial charge in [0.15, 0.2) is 0 Å². The van der Waals surface area contributed by atoms with E-state index in [9.17, 15) is 0 Å². The van der Waals surface area contributed by atoms with Gasteiger partial charge in [-0.2, -0.15) is 0 Å². The molecule has 0 aromatic carbocycles. The Balaban J connectivity index is 0.000000217. The maximum atomic E-state index is 8.77. The molecule has 0 fully saturated rings. The van der Waals surface area contributed by atoms with Crippen LogP contribution in [0.5, 0.6) is 0 Å². The van der Waals surface area contributed by atoms with Crippen LogP contribution in [0.4, 0.5) is 0 Å². The molecule has 1 aliphatic carbocycles. The van der Waals surface area contributed by atoms with Crippen molar-refractivity contribution >= 4 is 0 Å². The topological polar surface area (TPSA) is 29.5 Å². The molecule has 0 bridgehead atoms. The molecule has 0 saturated carbocycles. The van der Waals surface area contributed by atoms with E-state index in [1.54, 1.807) is 0 Å². The summed E-state index contributed by atoms with van der Waals surface area (Å²) in [5.41, 5.74) is 0. The molecule has 0 amide bonds. The number of hydrogen-bond acceptors (Lipinski definition) is 2. The van der Waals surface area contributed by atoms with E-state index in [1.165, 1.54) is 12.8 Å². The van der Waals surface area contributed by atoms with E-state index >= 15 is 0 Å². The molecular weight excluding hydrogens is 152 g/mol. The van der Waals surface area contributed by atoms with Crippen LogP contribution in [-0.2, 0) is 4.74 Å². The third kappa shape index (κ3) is 7.61. The summed E-state index contributed by atoms with van der Waals surface area (Å²) in [5, 5.41) is 8.77. The SMILES string of the molecule is CCOCC.OC1=CCCCC1. The van der Waals surface area contributed by atoms with Crippen molar-refractivity contribution in [1.82, 2.24) is 0 Å². The van der Waals surface area contributed by atoms with Crippen molar-refractivity contribution in [3.8, 4) is 0 Å². The molecule has 1 aliphatic rings. The number of allylic oxidation sites excluding steroid dienone is 2. The maximum Gasteiger partial charge on any atom is 0.0882 e. The summed E-state index contributed by atoms with van der Waals surface area (Å²) < 4.78 is 4.83. The molecule has 12 heavy (non-hydrogen) atoms. The first-order chi connectivity index (χ1) is 5.81.